The molecule has 0 radical (unpaired) electrons. The van der Waals surface area contributed by atoms with Crippen LogP contribution in [0.4, 0.5) is 0 Å². The number of pyridine rings is 1. The number of hydrogen-bond acceptors (Lipinski definition) is 3. The maximum absolute atomic E-state index is 12.0. The van der Waals surface area contributed by atoms with Gasteiger partial charge in [0, 0.05) is 27.5 Å². The number of nitrogens with zero attached hydrogens (tertiary/aromatic N) is 1. The van der Waals surface area contributed by atoms with E-state index in [0.717, 1.165) is 38.6 Å². The van der Waals surface area contributed by atoms with Crippen LogP contribution in [0.15, 0.2) is 54.6 Å². The Balaban J connectivity index is 1.65. The van der Waals surface area contributed by atoms with E-state index in [0.29, 0.717) is 5.15 Å². The lowest BCUT2D eigenvalue weighted by atomic mass is 9.97. The first kappa shape index (κ1) is 18.5. The number of benzene rings is 2. The van der Waals surface area contributed by atoms with E-state index < -0.39 is 5.41 Å². The highest BCUT2D eigenvalue weighted by molar-refractivity contribution is 6.32. The van der Waals surface area contributed by atoms with Gasteiger partial charge in [0.2, 0.25) is 0 Å². The number of fused-ring (bicyclic) bond motifs is 2. The Bertz CT molecular complexity index is 1190. The molecule has 0 bridgehead atoms. The third kappa shape index (κ3) is 3.60. The van der Waals surface area contributed by atoms with Crippen molar-refractivity contribution in [2.24, 2.45) is 5.41 Å². The zero-order chi connectivity index (χ0) is 19.9. The minimum atomic E-state index is -0.509. The van der Waals surface area contributed by atoms with Gasteiger partial charge in [0.1, 0.15) is 11.8 Å². The number of aromatic nitrogens is 2. The number of esters is 1. The van der Waals surface area contributed by atoms with Crippen LogP contribution in [0, 0.1) is 5.41 Å². The van der Waals surface area contributed by atoms with Crippen LogP contribution in [0.2, 0.25) is 5.15 Å². The molecule has 0 amide bonds. The van der Waals surface area contributed by atoms with E-state index in [-0.39, 0.29) is 12.6 Å². The monoisotopic (exact) mass is 392 g/mol. The highest BCUT2D eigenvalue weighted by atomic mass is 35.5. The second-order valence-corrected chi connectivity index (χ2v) is 8.31. The van der Waals surface area contributed by atoms with Gasteiger partial charge in [-0.1, -0.05) is 35.9 Å². The molecule has 2 heterocycles. The molecule has 0 saturated carbocycles. The SMILES string of the molecule is CC(C)(C)C(=O)OCc1ccc2[nH]c(-c3cc4ccccc4nc3Cl)cc2c1. The fourth-order valence-corrected chi connectivity index (χ4v) is 3.31. The molecule has 5 heteroatoms. The van der Waals surface area contributed by atoms with Crippen LogP contribution in [0.3, 0.4) is 0 Å². The van der Waals surface area contributed by atoms with Gasteiger partial charge >= 0.3 is 5.97 Å². The quantitative estimate of drug-likeness (QED) is 0.337. The Morgan fingerprint density at radius 1 is 1.07 bits per heavy atom. The van der Waals surface area contributed by atoms with Crippen LogP contribution in [-0.4, -0.2) is 15.9 Å². The number of nitrogens with one attached hydrogen (secondary N) is 1. The van der Waals surface area contributed by atoms with Gasteiger partial charge in [-0.05, 0) is 56.7 Å². The molecule has 0 aliphatic carbocycles. The molecule has 0 saturated heterocycles. The molecule has 142 valence electrons. The van der Waals surface area contributed by atoms with Gasteiger partial charge in [-0.3, -0.25) is 4.79 Å². The van der Waals surface area contributed by atoms with Crippen LogP contribution in [0.1, 0.15) is 26.3 Å². The van der Waals surface area contributed by atoms with E-state index in [4.69, 9.17) is 16.3 Å². The van der Waals surface area contributed by atoms with Crippen LogP contribution in [0.25, 0.3) is 33.1 Å². The molecule has 28 heavy (non-hydrogen) atoms. The standard InChI is InChI=1S/C23H21ClN2O2/c1-23(2,3)22(27)28-13-14-8-9-19-16(10-14)12-20(25-19)17-11-15-6-4-5-7-18(15)26-21(17)24/h4-12,25H,13H2,1-3H3. The lowest BCUT2D eigenvalue weighted by Gasteiger charge is -2.16. The molecule has 4 nitrogen and oxygen atoms in total. The molecule has 1 N–H and O–H groups in total. The molecule has 0 aliphatic rings. The first-order valence-corrected chi connectivity index (χ1v) is 9.53. The molecule has 0 aliphatic heterocycles. The van der Waals surface area contributed by atoms with E-state index in [9.17, 15) is 4.79 Å². The topological polar surface area (TPSA) is 55.0 Å². The number of hydrogen-bond donors (Lipinski definition) is 1. The third-order valence-corrected chi connectivity index (χ3v) is 4.92. The normalized spacial score (nSPS) is 11.9. The van der Waals surface area contributed by atoms with Crippen LogP contribution in [0.5, 0.6) is 0 Å². The van der Waals surface area contributed by atoms with Crippen molar-refractivity contribution in [3.63, 3.8) is 0 Å². The van der Waals surface area contributed by atoms with Crippen LogP contribution < -0.4 is 0 Å². The number of rotatable bonds is 3. The Morgan fingerprint density at radius 2 is 1.86 bits per heavy atom. The summed E-state index contributed by atoms with van der Waals surface area (Å²) in [6.07, 6.45) is 0. The van der Waals surface area contributed by atoms with Crippen molar-refractivity contribution in [1.29, 1.82) is 0 Å². The largest absolute Gasteiger partial charge is 0.460 e. The fourth-order valence-electron chi connectivity index (χ4n) is 3.06. The Labute approximate surface area is 168 Å². The van der Waals surface area contributed by atoms with E-state index in [1.807, 2.05) is 75.4 Å². The first-order valence-electron chi connectivity index (χ1n) is 9.16. The van der Waals surface area contributed by atoms with E-state index in [1.54, 1.807) is 0 Å². The number of halogens is 1. The summed E-state index contributed by atoms with van der Waals surface area (Å²) in [5, 5.41) is 2.53. The number of carbonyl (C=O) groups excluding carboxylic acids is 1. The third-order valence-electron chi connectivity index (χ3n) is 4.64. The number of para-hydroxylation sites is 1. The van der Waals surface area contributed by atoms with Gasteiger partial charge in [-0.15, -0.1) is 0 Å². The fraction of sp³-hybridized carbons (Fsp3) is 0.217. The van der Waals surface area contributed by atoms with Gasteiger partial charge in [-0.2, -0.15) is 0 Å². The number of H-pyrrole nitrogens is 1. The second kappa shape index (κ2) is 6.95. The van der Waals surface area contributed by atoms with E-state index in [1.165, 1.54) is 0 Å². The predicted molar refractivity (Wildman–Crippen MR) is 113 cm³/mol. The summed E-state index contributed by atoms with van der Waals surface area (Å²) in [6, 6.07) is 17.9. The summed E-state index contributed by atoms with van der Waals surface area (Å²) >= 11 is 6.44. The second-order valence-electron chi connectivity index (χ2n) is 7.95. The van der Waals surface area contributed by atoms with Crippen LogP contribution in [-0.2, 0) is 16.1 Å². The highest BCUT2D eigenvalue weighted by Crippen LogP contribution is 2.32. The first-order chi connectivity index (χ1) is 13.3. The summed E-state index contributed by atoms with van der Waals surface area (Å²) in [5.41, 5.74) is 4.06. The van der Waals surface area contributed by atoms with E-state index >= 15 is 0 Å². The molecule has 2 aromatic heterocycles. The minimum absolute atomic E-state index is 0.212. The summed E-state index contributed by atoms with van der Waals surface area (Å²) in [5.74, 6) is -0.212. The van der Waals surface area contributed by atoms with Crippen molar-refractivity contribution in [3.05, 3.63) is 65.3 Å². The van der Waals surface area contributed by atoms with Gasteiger partial charge in [-0.25, -0.2) is 4.98 Å². The Kier molecular flexibility index (Phi) is 4.60. The van der Waals surface area contributed by atoms with Crippen LogP contribution >= 0.6 is 11.6 Å². The Hall–Kier alpha value is -2.85. The smallest absolute Gasteiger partial charge is 0.311 e. The minimum Gasteiger partial charge on any atom is -0.460 e. The highest BCUT2D eigenvalue weighted by Gasteiger charge is 2.23. The summed E-state index contributed by atoms with van der Waals surface area (Å²) in [6.45, 7) is 5.79. The van der Waals surface area contributed by atoms with Gasteiger partial charge < -0.3 is 9.72 Å². The molecule has 4 rings (SSSR count). The molecule has 4 aromatic rings. The zero-order valence-electron chi connectivity index (χ0n) is 16.0. The van der Waals surface area contributed by atoms with Crippen molar-refractivity contribution in [2.45, 2.75) is 27.4 Å². The van der Waals surface area contributed by atoms with Crippen molar-refractivity contribution in [1.82, 2.24) is 9.97 Å². The zero-order valence-corrected chi connectivity index (χ0v) is 16.8. The summed E-state index contributed by atoms with van der Waals surface area (Å²) in [7, 11) is 0. The molecular formula is C23H21ClN2O2. The maximum atomic E-state index is 12.0. The lowest BCUT2D eigenvalue weighted by Crippen LogP contribution is -2.22. The molecular weight excluding hydrogens is 372 g/mol. The van der Waals surface area contributed by atoms with Gasteiger partial charge in [0.05, 0.1) is 10.9 Å². The molecule has 0 atom stereocenters. The Morgan fingerprint density at radius 3 is 2.64 bits per heavy atom. The lowest BCUT2D eigenvalue weighted by molar-refractivity contribution is -0.154. The van der Waals surface area contributed by atoms with Crippen molar-refractivity contribution < 1.29 is 9.53 Å². The summed E-state index contributed by atoms with van der Waals surface area (Å²) < 4.78 is 5.42. The van der Waals surface area contributed by atoms with Crippen molar-refractivity contribution >= 4 is 39.4 Å². The van der Waals surface area contributed by atoms with Crippen molar-refractivity contribution in [3.8, 4) is 11.3 Å². The average molecular weight is 393 g/mol. The number of aromatic amines is 1. The molecule has 0 spiro atoms. The van der Waals surface area contributed by atoms with Gasteiger partial charge in [0.15, 0.2) is 0 Å². The molecule has 0 fully saturated rings. The molecule has 0 unspecified atom stereocenters. The van der Waals surface area contributed by atoms with Gasteiger partial charge in [0.25, 0.3) is 0 Å². The molecule has 2 aromatic carbocycles. The maximum Gasteiger partial charge on any atom is 0.311 e. The average Bonchev–Trinajstić information content (AvgIpc) is 3.07. The summed E-state index contributed by atoms with van der Waals surface area (Å²) in [4.78, 5) is 19.9. The number of carbonyl (C=O) groups is 1. The van der Waals surface area contributed by atoms with Crippen molar-refractivity contribution in [2.75, 3.05) is 0 Å². The number of ether oxygens (including phenoxy) is 1. The van der Waals surface area contributed by atoms with E-state index in [2.05, 4.69) is 9.97 Å². The predicted octanol–water partition coefficient (Wildman–Crippen LogP) is 6.13.